The first-order chi connectivity index (χ1) is 16.1. The smallest absolute Gasteiger partial charge is 0.141 e. The Kier molecular flexibility index (Phi) is 6.47. The minimum absolute atomic E-state index is 0.0268. The monoisotopic (exact) mass is 450 g/mol. The van der Waals surface area contributed by atoms with Crippen molar-refractivity contribution in [3.63, 3.8) is 0 Å². The molecular formula is C31H31FN2. The van der Waals surface area contributed by atoms with Crippen molar-refractivity contribution in [2.45, 2.75) is 47.0 Å². The molecule has 0 radical (unpaired) electrons. The van der Waals surface area contributed by atoms with Crippen LogP contribution in [0.15, 0.2) is 78.6 Å². The number of rotatable bonds is 4. The number of hydrogen-bond donors (Lipinski definition) is 0. The lowest BCUT2D eigenvalue weighted by atomic mass is 9.82. The van der Waals surface area contributed by atoms with Gasteiger partial charge in [0.15, 0.2) is 0 Å². The molecule has 0 saturated heterocycles. The minimum atomic E-state index is -0.340. The Balaban J connectivity index is 2.03. The number of hydrogen-bond acceptors (Lipinski definition) is 2. The van der Waals surface area contributed by atoms with Crippen LogP contribution in [0.4, 0.5) is 4.39 Å². The number of benzene rings is 2. The third kappa shape index (κ3) is 4.99. The second kappa shape index (κ2) is 9.34. The fraction of sp³-hybridized carbons (Fsp3) is 0.226. The first-order valence-electron chi connectivity index (χ1n) is 11.6. The summed E-state index contributed by atoms with van der Waals surface area (Å²) < 4.78 is 13.7. The van der Waals surface area contributed by atoms with Gasteiger partial charge in [0, 0.05) is 17.3 Å². The third-order valence-corrected chi connectivity index (χ3v) is 5.94. The van der Waals surface area contributed by atoms with E-state index >= 15 is 0 Å². The number of aryl methyl sites for hydroxylation is 1. The first-order valence-corrected chi connectivity index (χ1v) is 11.6. The zero-order valence-corrected chi connectivity index (χ0v) is 20.8. The van der Waals surface area contributed by atoms with Crippen molar-refractivity contribution < 1.29 is 4.39 Å². The largest absolute Gasteiger partial charge is 0.256 e. The highest BCUT2D eigenvalue weighted by Crippen LogP contribution is 2.40. The Bertz CT molecular complexity index is 1360. The molecule has 2 heterocycles. The number of nitrogens with zero attached hydrogens (tertiary/aromatic N) is 2. The maximum Gasteiger partial charge on any atom is 0.141 e. The van der Waals surface area contributed by atoms with E-state index in [-0.39, 0.29) is 11.2 Å². The van der Waals surface area contributed by atoms with Crippen LogP contribution in [0.5, 0.6) is 0 Å². The number of halogens is 1. The van der Waals surface area contributed by atoms with Gasteiger partial charge in [0.2, 0.25) is 0 Å². The molecule has 0 aliphatic heterocycles. The summed E-state index contributed by atoms with van der Waals surface area (Å²) in [5, 5.41) is 0. The van der Waals surface area contributed by atoms with Gasteiger partial charge in [-0.3, -0.25) is 9.97 Å². The molecule has 4 rings (SSSR count). The minimum Gasteiger partial charge on any atom is -0.256 e. The molecule has 0 aliphatic carbocycles. The highest BCUT2D eigenvalue weighted by atomic mass is 19.1. The van der Waals surface area contributed by atoms with Crippen molar-refractivity contribution in [1.29, 1.82) is 0 Å². The number of allylic oxidation sites excluding steroid dienone is 1. The van der Waals surface area contributed by atoms with Gasteiger partial charge in [-0.2, -0.15) is 0 Å². The van der Waals surface area contributed by atoms with Crippen LogP contribution in [0, 0.1) is 12.7 Å². The van der Waals surface area contributed by atoms with E-state index in [1.165, 1.54) is 23.4 Å². The zero-order chi connectivity index (χ0) is 24.5. The molecule has 0 N–H and O–H groups in total. The normalized spacial score (nSPS) is 11.4. The van der Waals surface area contributed by atoms with E-state index in [2.05, 4.69) is 95.1 Å². The quantitative estimate of drug-likeness (QED) is 0.311. The Morgan fingerprint density at radius 1 is 0.824 bits per heavy atom. The Morgan fingerprint density at radius 3 is 2.21 bits per heavy atom. The lowest BCUT2D eigenvalue weighted by molar-refractivity contribution is 0.590. The predicted octanol–water partition coefficient (Wildman–Crippen LogP) is 8.65. The second-order valence-electron chi connectivity index (χ2n) is 10.1. The average molecular weight is 451 g/mol. The van der Waals surface area contributed by atoms with Crippen molar-refractivity contribution in [2.24, 2.45) is 0 Å². The summed E-state index contributed by atoms with van der Waals surface area (Å²) in [5.41, 5.74) is 10.6. The van der Waals surface area contributed by atoms with E-state index in [1.807, 2.05) is 12.3 Å². The summed E-state index contributed by atoms with van der Waals surface area (Å²) in [6.45, 7) is 12.9. The maximum atomic E-state index is 13.7. The molecule has 0 atom stereocenters. The first kappa shape index (κ1) is 23.6. The molecule has 3 heteroatoms. The van der Waals surface area contributed by atoms with Crippen molar-refractivity contribution in [1.82, 2.24) is 9.97 Å². The Hall–Kier alpha value is -3.59. The highest BCUT2D eigenvalue weighted by molar-refractivity contribution is 5.92. The maximum absolute atomic E-state index is 13.7. The van der Waals surface area contributed by atoms with Gasteiger partial charge in [0.25, 0.3) is 0 Å². The molecule has 0 fully saturated rings. The van der Waals surface area contributed by atoms with Crippen LogP contribution >= 0.6 is 0 Å². The summed E-state index contributed by atoms with van der Waals surface area (Å²) >= 11 is 0. The fourth-order valence-corrected chi connectivity index (χ4v) is 4.18. The Labute approximate surface area is 202 Å². The highest BCUT2D eigenvalue weighted by Gasteiger charge is 2.20. The van der Waals surface area contributed by atoms with Crippen LogP contribution in [0.25, 0.3) is 39.7 Å². The standard InChI is InChI=1S/C31H31FN2/c1-20(2)16-22-9-12-26(28(17-22)30-21(3)8-7-15-33-30)25-13-10-23(31(4,5)6)18-27(25)29-14-11-24(32)19-34-29/h7-19H,1-6H3. The van der Waals surface area contributed by atoms with Crippen LogP contribution in [-0.2, 0) is 5.41 Å². The van der Waals surface area contributed by atoms with E-state index in [1.54, 1.807) is 6.07 Å². The predicted molar refractivity (Wildman–Crippen MR) is 141 cm³/mol. The molecule has 0 saturated carbocycles. The van der Waals surface area contributed by atoms with Crippen molar-refractivity contribution >= 4 is 6.08 Å². The summed E-state index contributed by atoms with van der Waals surface area (Å²) in [6, 6.07) is 20.3. The van der Waals surface area contributed by atoms with Gasteiger partial charge in [0.05, 0.1) is 17.6 Å². The Morgan fingerprint density at radius 2 is 1.56 bits per heavy atom. The molecule has 4 aromatic rings. The summed E-state index contributed by atoms with van der Waals surface area (Å²) in [4.78, 5) is 9.17. The van der Waals surface area contributed by atoms with Gasteiger partial charge in [-0.05, 0) is 84.3 Å². The molecule has 2 aromatic carbocycles. The third-order valence-electron chi connectivity index (χ3n) is 5.94. The van der Waals surface area contributed by atoms with Gasteiger partial charge in [-0.1, -0.05) is 62.8 Å². The molecule has 0 spiro atoms. The topological polar surface area (TPSA) is 25.8 Å². The molecule has 172 valence electrons. The molecule has 0 unspecified atom stereocenters. The zero-order valence-electron chi connectivity index (χ0n) is 20.8. The van der Waals surface area contributed by atoms with E-state index in [9.17, 15) is 4.39 Å². The average Bonchev–Trinajstić information content (AvgIpc) is 2.79. The van der Waals surface area contributed by atoms with Gasteiger partial charge < -0.3 is 0 Å². The van der Waals surface area contributed by atoms with Crippen molar-refractivity contribution in [2.75, 3.05) is 0 Å². The van der Waals surface area contributed by atoms with E-state index in [0.717, 1.165) is 44.8 Å². The molecule has 34 heavy (non-hydrogen) atoms. The molecule has 2 aromatic heterocycles. The van der Waals surface area contributed by atoms with Gasteiger partial charge in [-0.25, -0.2) is 4.39 Å². The lowest BCUT2D eigenvalue weighted by Gasteiger charge is -2.22. The van der Waals surface area contributed by atoms with Gasteiger partial charge in [-0.15, -0.1) is 0 Å². The van der Waals surface area contributed by atoms with Crippen LogP contribution in [0.2, 0.25) is 0 Å². The molecule has 0 aliphatic rings. The molecule has 0 bridgehead atoms. The van der Waals surface area contributed by atoms with Crippen molar-refractivity contribution in [3.8, 4) is 33.6 Å². The molecule has 0 amide bonds. The summed E-state index contributed by atoms with van der Waals surface area (Å²) in [6.07, 6.45) is 5.30. The van der Waals surface area contributed by atoms with E-state index in [4.69, 9.17) is 4.98 Å². The number of aromatic nitrogens is 2. The second-order valence-corrected chi connectivity index (χ2v) is 10.1. The van der Waals surface area contributed by atoms with Crippen LogP contribution < -0.4 is 0 Å². The van der Waals surface area contributed by atoms with Crippen LogP contribution in [0.1, 0.15) is 51.3 Å². The van der Waals surface area contributed by atoms with Crippen LogP contribution in [0.3, 0.4) is 0 Å². The van der Waals surface area contributed by atoms with Crippen molar-refractivity contribution in [3.05, 3.63) is 101 Å². The summed E-state index contributed by atoms with van der Waals surface area (Å²) in [7, 11) is 0. The van der Waals surface area contributed by atoms with E-state index in [0.29, 0.717) is 0 Å². The van der Waals surface area contributed by atoms with Gasteiger partial charge >= 0.3 is 0 Å². The molecular weight excluding hydrogens is 419 g/mol. The lowest BCUT2D eigenvalue weighted by Crippen LogP contribution is -2.11. The fourth-order valence-electron chi connectivity index (χ4n) is 4.18. The molecule has 2 nitrogen and oxygen atoms in total. The SMILES string of the molecule is CC(C)=Cc1ccc(-c2ccc(C(C)(C)C)cc2-c2ccc(F)cn2)c(-c2ncccc2C)c1. The van der Waals surface area contributed by atoms with Gasteiger partial charge in [0.1, 0.15) is 5.82 Å². The van der Waals surface area contributed by atoms with E-state index < -0.39 is 0 Å². The summed E-state index contributed by atoms with van der Waals surface area (Å²) in [5.74, 6) is -0.340. The number of pyridine rings is 2. The van der Waals surface area contributed by atoms with Crippen LogP contribution in [-0.4, -0.2) is 9.97 Å².